The Morgan fingerprint density at radius 3 is 2.69 bits per heavy atom. The van der Waals surface area contributed by atoms with Gasteiger partial charge in [0, 0.05) is 38.1 Å². The van der Waals surface area contributed by atoms with Crippen LogP contribution < -0.4 is 5.32 Å². The van der Waals surface area contributed by atoms with Crippen LogP contribution in [0.3, 0.4) is 0 Å². The molecule has 0 radical (unpaired) electrons. The molecule has 2 aromatic heterocycles. The minimum absolute atomic E-state index is 0.0119. The van der Waals surface area contributed by atoms with Crippen molar-refractivity contribution in [3.8, 4) is 5.69 Å². The van der Waals surface area contributed by atoms with E-state index in [2.05, 4.69) is 15.4 Å². The molecule has 4 rings (SSSR count). The molecular weight excluding hydrogens is 412 g/mol. The Morgan fingerprint density at radius 2 is 1.94 bits per heavy atom. The molecule has 0 bridgehead atoms. The highest BCUT2D eigenvalue weighted by atomic mass is 16.6. The third-order valence-electron chi connectivity index (χ3n) is 4.90. The highest BCUT2D eigenvalue weighted by molar-refractivity contribution is 6.02. The molecule has 0 aliphatic rings. The molecule has 0 unspecified atom stereocenters. The van der Waals surface area contributed by atoms with Crippen LogP contribution in [0, 0.1) is 10.1 Å². The Morgan fingerprint density at radius 1 is 1.16 bits per heavy atom. The van der Waals surface area contributed by atoms with Gasteiger partial charge in [0.05, 0.1) is 21.6 Å². The smallest absolute Gasteiger partial charge is 0.278 e. The van der Waals surface area contributed by atoms with Gasteiger partial charge in [0.25, 0.3) is 11.6 Å². The molecule has 0 spiro atoms. The molecule has 10 nitrogen and oxygen atoms in total. The lowest BCUT2D eigenvalue weighted by Gasteiger charge is -2.09. The van der Waals surface area contributed by atoms with Crippen molar-refractivity contribution < 1.29 is 14.5 Å². The van der Waals surface area contributed by atoms with Crippen LogP contribution in [-0.4, -0.2) is 43.4 Å². The maximum absolute atomic E-state index is 12.9. The van der Waals surface area contributed by atoms with E-state index in [0.717, 1.165) is 17.5 Å². The Balaban J connectivity index is 1.53. The van der Waals surface area contributed by atoms with E-state index in [1.165, 1.54) is 16.8 Å². The van der Waals surface area contributed by atoms with Crippen LogP contribution in [-0.2, 0) is 11.3 Å². The number of hydrogen-bond donors (Lipinski definition) is 1. The molecule has 164 valence electrons. The predicted octanol–water partition coefficient (Wildman–Crippen LogP) is 3.81. The van der Waals surface area contributed by atoms with Crippen molar-refractivity contribution in [1.82, 2.24) is 19.3 Å². The van der Waals surface area contributed by atoms with Gasteiger partial charge in [-0.15, -0.1) is 0 Å². The highest BCUT2D eigenvalue weighted by Gasteiger charge is 2.16. The van der Waals surface area contributed by atoms with E-state index in [0.29, 0.717) is 31.4 Å². The molecule has 0 atom stereocenters. The summed E-state index contributed by atoms with van der Waals surface area (Å²) in [5, 5.41) is 18.0. The number of imidazole rings is 1. The number of non-ortho nitro benzene ring substituents is 1. The van der Waals surface area contributed by atoms with E-state index in [4.69, 9.17) is 4.74 Å². The summed E-state index contributed by atoms with van der Waals surface area (Å²) < 4.78 is 8.88. The molecule has 32 heavy (non-hydrogen) atoms. The molecule has 1 N–H and O–H groups in total. The van der Waals surface area contributed by atoms with E-state index < -0.39 is 10.8 Å². The van der Waals surface area contributed by atoms with Crippen molar-refractivity contribution in [3.63, 3.8) is 0 Å². The number of aromatic nitrogens is 4. The quantitative estimate of drug-likeness (QED) is 0.243. The number of ether oxygens (including phenoxy) is 1. The summed E-state index contributed by atoms with van der Waals surface area (Å²) in [7, 11) is 0. The number of rotatable bonds is 9. The standard InChI is InChI=1S/C22H22N6O4/c1-2-32-15-5-13-26-20-7-4-3-6-18(20)23-22(26)24-21(29)19-12-14-27(25-19)16-8-10-17(11-9-16)28(30)31/h3-4,6-12,14H,2,5,13,15H2,1H3,(H,23,24,29). The summed E-state index contributed by atoms with van der Waals surface area (Å²) in [6, 6.07) is 15.2. The van der Waals surface area contributed by atoms with Crippen molar-refractivity contribution in [1.29, 1.82) is 0 Å². The van der Waals surface area contributed by atoms with E-state index in [-0.39, 0.29) is 11.4 Å². The molecule has 10 heteroatoms. The average Bonchev–Trinajstić information content (AvgIpc) is 3.42. The van der Waals surface area contributed by atoms with Crippen LogP contribution in [0.2, 0.25) is 0 Å². The number of hydrogen-bond acceptors (Lipinski definition) is 6. The molecule has 0 aliphatic heterocycles. The third-order valence-corrected chi connectivity index (χ3v) is 4.90. The van der Waals surface area contributed by atoms with Crippen LogP contribution in [0.5, 0.6) is 0 Å². The molecule has 0 saturated heterocycles. The molecule has 1 amide bonds. The number of carbonyl (C=O) groups is 1. The number of carbonyl (C=O) groups excluding carboxylic acids is 1. The fourth-order valence-electron chi connectivity index (χ4n) is 3.35. The van der Waals surface area contributed by atoms with E-state index in [1.54, 1.807) is 24.4 Å². The number of benzene rings is 2. The van der Waals surface area contributed by atoms with Crippen molar-refractivity contribution in [2.75, 3.05) is 18.5 Å². The van der Waals surface area contributed by atoms with Crippen molar-refractivity contribution in [2.24, 2.45) is 0 Å². The minimum Gasteiger partial charge on any atom is -0.382 e. The van der Waals surface area contributed by atoms with E-state index >= 15 is 0 Å². The van der Waals surface area contributed by atoms with Gasteiger partial charge < -0.3 is 9.30 Å². The summed E-state index contributed by atoms with van der Waals surface area (Å²) in [6.45, 7) is 3.88. The van der Waals surface area contributed by atoms with Gasteiger partial charge >= 0.3 is 0 Å². The second-order valence-corrected chi connectivity index (χ2v) is 7.00. The fraction of sp³-hybridized carbons (Fsp3) is 0.227. The minimum atomic E-state index is -0.466. The van der Waals surface area contributed by atoms with Gasteiger partial charge in [-0.25, -0.2) is 9.67 Å². The van der Waals surface area contributed by atoms with Crippen molar-refractivity contribution in [3.05, 3.63) is 76.6 Å². The Labute approximate surface area is 183 Å². The molecule has 4 aromatic rings. The van der Waals surface area contributed by atoms with Gasteiger partial charge in [-0.3, -0.25) is 20.2 Å². The van der Waals surface area contributed by atoms with Crippen LogP contribution in [0.4, 0.5) is 11.6 Å². The Hall–Kier alpha value is -4.05. The highest BCUT2D eigenvalue weighted by Crippen LogP contribution is 2.21. The van der Waals surface area contributed by atoms with Gasteiger partial charge in [-0.1, -0.05) is 12.1 Å². The zero-order valence-corrected chi connectivity index (χ0v) is 17.5. The fourth-order valence-corrected chi connectivity index (χ4v) is 3.35. The molecular formula is C22H22N6O4. The monoisotopic (exact) mass is 434 g/mol. The number of amides is 1. The zero-order chi connectivity index (χ0) is 22.5. The predicted molar refractivity (Wildman–Crippen MR) is 119 cm³/mol. The molecule has 0 aliphatic carbocycles. The first-order valence-corrected chi connectivity index (χ1v) is 10.2. The van der Waals surface area contributed by atoms with Gasteiger partial charge in [0.1, 0.15) is 0 Å². The van der Waals surface area contributed by atoms with Crippen molar-refractivity contribution in [2.45, 2.75) is 19.9 Å². The van der Waals surface area contributed by atoms with Crippen LogP contribution in [0.1, 0.15) is 23.8 Å². The summed E-state index contributed by atoms with van der Waals surface area (Å²) >= 11 is 0. The number of nitrogens with one attached hydrogen (secondary N) is 1. The lowest BCUT2D eigenvalue weighted by Crippen LogP contribution is -2.17. The Bertz CT molecular complexity index is 1250. The molecule has 0 fully saturated rings. The molecule has 2 aromatic carbocycles. The topological polar surface area (TPSA) is 117 Å². The lowest BCUT2D eigenvalue weighted by molar-refractivity contribution is -0.384. The zero-order valence-electron chi connectivity index (χ0n) is 17.5. The second kappa shape index (κ2) is 9.40. The first-order valence-electron chi connectivity index (χ1n) is 10.2. The van der Waals surface area contributed by atoms with Crippen molar-refractivity contribution >= 4 is 28.6 Å². The van der Waals surface area contributed by atoms with Gasteiger partial charge in [0.2, 0.25) is 5.95 Å². The largest absolute Gasteiger partial charge is 0.382 e. The molecule has 2 heterocycles. The third kappa shape index (κ3) is 4.49. The van der Waals surface area contributed by atoms with Gasteiger partial charge in [-0.2, -0.15) is 5.10 Å². The number of aryl methyl sites for hydroxylation is 1. The summed E-state index contributed by atoms with van der Waals surface area (Å²) in [5.74, 6) is 0.0459. The summed E-state index contributed by atoms with van der Waals surface area (Å²) in [6.07, 6.45) is 2.41. The SMILES string of the molecule is CCOCCCn1c(NC(=O)c2ccn(-c3ccc([N+](=O)[O-])cc3)n2)nc2ccccc21. The maximum atomic E-state index is 12.9. The second-order valence-electron chi connectivity index (χ2n) is 7.00. The summed E-state index contributed by atoms with van der Waals surface area (Å²) in [4.78, 5) is 27.8. The Kier molecular flexibility index (Phi) is 6.22. The number of nitro benzene ring substituents is 1. The number of nitrogens with zero attached hydrogens (tertiary/aromatic N) is 5. The lowest BCUT2D eigenvalue weighted by atomic mass is 10.3. The normalized spacial score (nSPS) is 11.0. The number of nitro groups is 1. The van der Waals surface area contributed by atoms with Gasteiger partial charge in [-0.05, 0) is 43.7 Å². The molecule has 0 saturated carbocycles. The van der Waals surface area contributed by atoms with E-state index in [9.17, 15) is 14.9 Å². The first-order chi connectivity index (χ1) is 15.6. The van der Waals surface area contributed by atoms with Gasteiger partial charge in [0.15, 0.2) is 5.69 Å². The average molecular weight is 434 g/mol. The van der Waals surface area contributed by atoms with Crippen LogP contribution in [0.15, 0.2) is 60.8 Å². The number of fused-ring (bicyclic) bond motifs is 1. The number of anilines is 1. The summed E-state index contributed by atoms with van der Waals surface area (Å²) in [5.41, 5.74) is 2.52. The van der Waals surface area contributed by atoms with Crippen LogP contribution in [0.25, 0.3) is 16.7 Å². The maximum Gasteiger partial charge on any atom is 0.278 e. The van der Waals surface area contributed by atoms with Crippen LogP contribution >= 0.6 is 0 Å². The van der Waals surface area contributed by atoms with E-state index in [1.807, 2.05) is 35.8 Å². The first kappa shape index (κ1) is 21.2. The number of para-hydroxylation sites is 2.